The summed E-state index contributed by atoms with van der Waals surface area (Å²) in [6.07, 6.45) is -1.79. The Labute approximate surface area is 161 Å². The number of rotatable bonds is 6. The summed E-state index contributed by atoms with van der Waals surface area (Å²) in [5.74, 6) is -0.248. The molecule has 8 heteroatoms. The average molecular weight is 388 g/mol. The van der Waals surface area contributed by atoms with Crippen LogP contribution < -0.4 is 0 Å². The van der Waals surface area contributed by atoms with Crippen molar-refractivity contribution < 1.29 is 39.0 Å². The maximum Gasteiger partial charge on any atom is 0.338 e. The van der Waals surface area contributed by atoms with Crippen LogP contribution in [0, 0.1) is 0 Å². The highest BCUT2D eigenvalue weighted by molar-refractivity contribution is 5.89. The highest BCUT2D eigenvalue weighted by Gasteiger charge is 2.50. The maximum absolute atomic E-state index is 12.2. The molecule has 0 spiro atoms. The Kier molecular flexibility index (Phi) is 5.45. The van der Waals surface area contributed by atoms with Crippen LogP contribution in [0.1, 0.15) is 15.9 Å². The van der Waals surface area contributed by atoms with E-state index in [1.54, 1.807) is 24.3 Å². The van der Waals surface area contributed by atoms with Crippen molar-refractivity contribution in [2.24, 2.45) is 0 Å². The molecular formula is C20H20O8. The average Bonchev–Trinajstić information content (AvgIpc) is 3.27. The second-order valence-electron chi connectivity index (χ2n) is 6.65. The van der Waals surface area contributed by atoms with Crippen LogP contribution in [0.2, 0.25) is 0 Å². The van der Waals surface area contributed by atoms with Gasteiger partial charge >= 0.3 is 5.97 Å². The highest BCUT2D eigenvalue weighted by atomic mass is 17.2. The fourth-order valence-electron chi connectivity index (χ4n) is 3.20. The molecule has 0 aromatic heterocycles. The summed E-state index contributed by atoms with van der Waals surface area (Å²) in [6.45, 7) is 0.683. The van der Waals surface area contributed by atoms with Crippen molar-refractivity contribution in [2.45, 2.75) is 31.0 Å². The molecule has 2 saturated heterocycles. The van der Waals surface area contributed by atoms with Gasteiger partial charge in [0.25, 0.3) is 0 Å². The second-order valence-corrected chi connectivity index (χ2v) is 6.65. The van der Waals surface area contributed by atoms with Crippen LogP contribution in [0.25, 0.3) is 0 Å². The molecule has 2 aromatic carbocycles. The van der Waals surface area contributed by atoms with Crippen molar-refractivity contribution in [1.82, 2.24) is 0 Å². The monoisotopic (exact) mass is 388 g/mol. The molecule has 148 valence electrons. The van der Waals surface area contributed by atoms with Gasteiger partial charge in [0.05, 0.1) is 18.8 Å². The number of aromatic hydroxyl groups is 2. The quantitative estimate of drug-likeness (QED) is 0.440. The molecule has 2 N–H and O–H groups in total. The molecule has 4 atom stereocenters. The Hall–Kier alpha value is -2.65. The zero-order valence-corrected chi connectivity index (χ0v) is 14.9. The third-order valence-corrected chi connectivity index (χ3v) is 4.68. The van der Waals surface area contributed by atoms with E-state index in [0.717, 1.165) is 5.56 Å². The van der Waals surface area contributed by atoms with E-state index in [-0.39, 0.29) is 31.3 Å². The molecule has 2 aliphatic heterocycles. The molecule has 0 bridgehead atoms. The molecule has 2 fully saturated rings. The molecule has 0 saturated carbocycles. The number of phenols is 2. The van der Waals surface area contributed by atoms with Crippen LogP contribution in [0.15, 0.2) is 48.5 Å². The van der Waals surface area contributed by atoms with Gasteiger partial charge in [-0.15, -0.1) is 0 Å². The van der Waals surface area contributed by atoms with E-state index >= 15 is 0 Å². The Bertz CT molecular complexity index is 804. The first kappa shape index (κ1) is 18.7. The van der Waals surface area contributed by atoms with Gasteiger partial charge in [0.15, 0.2) is 6.10 Å². The Morgan fingerprint density at radius 2 is 1.46 bits per heavy atom. The number of esters is 1. The lowest BCUT2D eigenvalue weighted by atomic mass is 10.1. The number of carbonyl (C=O) groups excluding carboxylic acids is 1. The number of carbonyl (C=O) groups is 1. The standard InChI is InChI=1S/C20H20O8/c21-14-5-1-12(2-6-14)9-26-28-17-11-25-18-16(10-24-19(17)18)27-20(23)13-3-7-15(22)8-4-13/h1-8,16-19,21-22H,9-11H2/t16?,17-,18-,19-/m0/s1. The summed E-state index contributed by atoms with van der Waals surface area (Å²) >= 11 is 0. The smallest absolute Gasteiger partial charge is 0.338 e. The van der Waals surface area contributed by atoms with Crippen LogP contribution in [-0.2, 0) is 30.6 Å². The lowest BCUT2D eigenvalue weighted by molar-refractivity contribution is -0.341. The number of hydrogen-bond donors (Lipinski definition) is 2. The van der Waals surface area contributed by atoms with Crippen molar-refractivity contribution in [3.63, 3.8) is 0 Å². The van der Waals surface area contributed by atoms with E-state index < -0.39 is 30.4 Å². The molecule has 2 aliphatic rings. The van der Waals surface area contributed by atoms with Crippen LogP contribution in [0.4, 0.5) is 0 Å². The Morgan fingerprint density at radius 1 is 0.893 bits per heavy atom. The van der Waals surface area contributed by atoms with Gasteiger partial charge in [0.2, 0.25) is 0 Å². The summed E-state index contributed by atoms with van der Waals surface area (Å²) in [6, 6.07) is 12.4. The molecule has 0 aliphatic carbocycles. The van der Waals surface area contributed by atoms with Crippen molar-refractivity contribution in [3.05, 3.63) is 59.7 Å². The first-order valence-electron chi connectivity index (χ1n) is 8.89. The van der Waals surface area contributed by atoms with Crippen molar-refractivity contribution >= 4 is 5.97 Å². The number of benzene rings is 2. The van der Waals surface area contributed by atoms with Crippen molar-refractivity contribution in [1.29, 1.82) is 0 Å². The summed E-state index contributed by atoms with van der Waals surface area (Å²) < 4.78 is 16.9. The number of ether oxygens (including phenoxy) is 3. The molecule has 8 nitrogen and oxygen atoms in total. The van der Waals surface area contributed by atoms with E-state index in [4.69, 9.17) is 24.0 Å². The van der Waals surface area contributed by atoms with Crippen LogP contribution >= 0.6 is 0 Å². The van der Waals surface area contributed by atoms with E-state index in [0.29, 0.717) is 5.56 Å². The van der Waals surface area contributed by atoms with Crippen molar-refractivity contribution in [2.75, 3.05) is 13.2 Å². The largest absolute Gasteiger partial charge is 0.508 e. The van der Waals surface area contributed by atoms with Gasteiger partial charge < -0.3 is 24.4 Å². The van der Waals surface area contributed by atoms with Gasteiger partial charge in [0, 0.05) is 0 Å². The Morgan fingerprint density at radius 3 is 2.14 bits per heavy atom. The van der Waals surface area contributed by atoms with E-state index in [1.807, 2.05) is 0 Å². The lowest BCUT2D eigenvalue weighted by Gasteiger charge is -2.17. The van der Waals surface area contributed by atoms with Gasteiger partial charge in [0.1, 0.15) is 36.4 Å². The molecule has 2 aromatic rings. The van der Waals surface area contributed by atoms with Gasteiger partial charge in [-0.1, -0.05) is 12.1 Å². The van der Waals surface area contributed by atoms with Gasteiger partial charge in [-0.25, -0.2) is 14.6 Å². The zero-order chi connectivity index (χ0) is 19.5. The fourth-order valence-corrected chi connectivity index (χ4v) is 3.20. The first-order chi connectivity index (χ1) is 13.6. The van der Waals surface area contributed by atoms with Crippen molar-refractivity contribution in [3.8, 4) is 11.5 Å². The van der Waals surface area contributed by atoms with Crippen LogP contribution in [-0.4, -0.2) is 53.8 Å². The van der Waals surface area contributed by atoms with Crippen LogP contribution in [0.3, 0.4) is 0 Å². The number of phenolic OH excluding ortho intramolecular Hbond substituents is 2. The third-order valence-electron chi connectivity index (χ3n) is 4.68. The number of fused-ring (bicyclic) bond motifs is 1. The molecule has 0 radical (unpaired) electrons. The predicted molar refractivity (Wildman–Crippen MR) is 94.6 cm³/mol. The number of hydrogen-bond acceptors (Lipinski definition) is 8. The minimum atomic E-state index is -0.544. The maximum atomic E-state index is 12.2. The first-order valence-corrected chi connectivity index (χ1v) is 8.89. The topological polar surface area (TPSA) is 104 Å². The van der Waals surface area contributed by atoms with Crippen LogP contribution in [0.5, 0.6) is 11.5 Å². The second kappa shape index (κ2) is 8.15. The molecule has 2 heterocycles. The van der Waals surface area contributed by atoms with E-state index in [9.17, 15) is 15.0 Å². The Balaban J connectivity index is 1.27. The molecule has 1 unspecified atom stereocenters. The minimum absolute atomic E-state index is 0.0761. The van der Waals surface area contributed by atoms with Gasteiger partial charge in [-0.05, 0) is 42.0 Å². The zero-order valence-electron chi connectivity index (χ0n) is 14.9. The molecule has 4 rings (SSSR count). The molecule has 0 amide bonds. The predicted octanol–water partition coefficient (Wildman–Crippen LogP) is 1.94. The highest BCUT2D eigenvalue weighted by Crippen LogP contribution is 2.31. The van der Waals surface area contributed by atoms with E-state index in [1.165, 1.54) is 24.3 Å². The van der Waals surface area contributed by atoms with Gasteiger partial charge in [-0.3, -0.25) is 0 Å². The molecular weight excluding hydrogens is 368 g/mol. The minimum Gasteiger partial charge on any atom is -0.508 e. The summed E-state index contributed by atoms with van der Waals surface area (Å²) in [4.78, 5) is 22.9. The summed E-state index contributed by atoms with van der Waals surface area (Å²) in [5.41, 5.74) is 1.19. The fraction of sp³-hybridized carbons (Fsp3) is 0.350. The summed E-state index contributed by atoms with van der Waals surface area (Å²) in [5, 5.41) is 18.6. The van der Waals surface area contributed by atoms with Gasteiger partial charge in [-0.2, -0.15) is 0 Å². The SMILES string of the molecule is O=C(OC1CO[C@H]2[C@@H](OOCc3ccc(O)cc3)CO[C@@H]12)c1ccc(O)cc1. The third kappa shape index (κ3) is 4.10. The normalized spacial score (nSPS) is 26.1. The lowest BCUT2D eigenvalue weighted by Crippen LogP contribution is -2.35. The summed E-state index contributed by atoms with van der Waals surface area (Å²) in [7, 11) is 0. The molecule has 28 heavy (non-hydrogen) atoms. The van der Waals surface area contributed by atoms with E-state index in [2.05, 4.69) is 0 Å².